The number of amides is 1. The first-order valence-corrected chi connectivity index (χ1v) is 13.7. The zero-order valence-corrected chi connectivity index (χ0v) is 20.9. The molecule has 1 N–H and O–H groups in total. The molecular formula is C21H19ClF3N3O3S3. The zero-order valence-electron chi connectivity index (χ0n) is 17.7. The van der Waals surface area contributed by atoms with Crippen molar-refractivity contribution in [1.29, 1.82) is 0 Å². The van der Waals surface area contributed by atoms with Crippen LogP contribution in [0.5, 0.6) is 0 Å². The highest BCUT2D eigenvalue weighted by Gasteiger charge is 2.40. The number of aryl methyl sites for hydroxylation is 1. The third kappa shape index (κ3) is 5.15. The second-order valence-corrected chi connectivity index (χ2v) is 12.4. The van der Waals surface area contributed by atoms with Crippen molar-refractivity contribution in [2.45, 2.75) is 42.7 Å². The molecule has 1 fully saturated rings. The minimum Gasteiger partial charge on any atom is -0.349 e. The van der Waals surface area contributed by atoms with Gasteiger partial charge in [0, 0.05) is 17.5 Å². The summed E-state index contributed by atoms with van der Waals surface area (Å²) < 4.78 is 66.5. The van der Waals surface area contributed by atoms with Crippen molar-refractivity contribution >= 4 is 50.2 Å². The number of nitrogens with one attached hydrogen (secondary N) is 1. The molecule has 1 amide bonds. The third-order valence-corrected chi connectivity index (χ3v) is 9.94. The van der Waals surface area contributed by atoms with E-state index in [1.165, 1.54) is 46.8 Å². The van der Waals surface area contributed by atoms with E-state index in [2.05, 4.69) is 10.3 Å². The first-order chi connectivity index (χ1) is 16.0. The molecular weight excluding hydrogens is 531 g/mol. The van der Waals surface area contributed by atoms with Gasteiger partial charge in [-0.3, -0.25) is 4.79 Å². The number of halogens is 4. The van der Waals surface area contributed by atoms with E-state index in [4.69, 9.17) is 11.6 Å². The number of thiazole rings is 1. The summed E-state index contributed by atoms with van der Waals surface area (Å²) in [5.74, 6) is -0.427. The summed E-state index contributed by atoms with van der Waals surface area (Å²) in [6.07, 6.45) is -3.46. The van der Waals surface area contributed by atoms with Crippen LogP contribution >= 0.6 is 34.3 Å². The van der Waals surface area contributed by atoms with E-state index in [1.54, 1.807) is 5.38 Å². The van der Waals surface area contributed by atoms with E-state index < -0.39 is 33.7 Å². The number of carbonyl (C=O) groups is 1. The van der Waals surface area contributed by atoms with Gasteiger partial charge in [0.05, 0.1) is 22.1 Å². The van der Waals surface area contributed by atoms with Gasteiger partial charge in [-0.1, -0.05) is 17.7 Å². The molecule has 0 saturated carbocycles. The molecule has 6 nitrogen and oxygen atoms in total. The molecule has 1 aliphatic heterocycles. The van der Waals surface area contributed by atoms with Crippen LogP contribution in [0, 0.1) is 6.92 Å². The van der Waals surface area contributed by atoms with Crippen molar-refractivity contribution in [2.24, 2.45) is 0 Å². The van der Waals surface area contributed by atoms with Gasteiger partial charge in [0.25, 0.3) is 10.0 Å². The van der Waals surface area contributed by atoms with Crippen LogP contribution in [0.1, 0.15) is 29.7 Å². The van der Waals surface area contributed by atoms with Gasteiger partial charge in [0.1, 0.15) is 15.3 Å². The zero-order chi connectivity index (χ0) is 24.7. The maximum atomic E-state index is 13.0. The molecule has 2 aromatic heterocycles. The van der Waals surface area contributed by atoms with E-state index in [1.807, 2.05) is 0 Å². The lowest BCUT2D eigenvalue weighted by Crippen LogP contribution is -2.45. The van der Waals surface area contributed by atoms with Crippen LogP contribution in [0.3, 0.4) is 0 Å². The fraction of sp³-hybridized carbons (Fsp3) is 0.333. The van der Waals surface area contributed by atoms with Gasteiger partial charge in [0.15, 0.2) is 0 Å². The maximum absolute atomic E-state index is 13.0. The summed E-state index contributed by atoms with van der Waals surface area (Å²) in [5.41, 5.74) is 0.491. The van der Waals surface area contributed by atoms with Crippen LogP contribution in [-0.4, -0.2) is 36.2 Å². The number of thiophene rings is 1. The molecule has 34 heavy (non-hydrogen) atoms. The van der Waals surface area contributed by atoms with Crippen LogP contribution in [0.4, 0.5) is 13.2 Å². The highest BCUT2D eigenvalue weighted by Crippen LogP contribution is 2.35. The number of carbonyl (C=O) groups excluding carboxylic acids is 1. The summed E-state index contributed by atoms with van der Waals surface area (Å²) in [5, 5.41) is 4.97. The Morgan fingerprint density at radius 1 is 1.29 bits per heavy atom. The molecule has 3 aromatic rings. The monoisotopic (exact) mass is 549 g/mol. The van der Waals surface area contributed by atoms with Crippen molar-refractivity contribution in [3.05, 3.63) is 56.9 Å². The number of rotatable bonds is 6. The summed E-state index contributed by atoms with van der Waals surface area (Å²) in [4.78, 5) is 17.2. The van der Waals surface area contributed by atoms with E-state index >= 15 is 0 Å². The van der Waals surface area contributed by atoms with Crippen LogP contribution in [0.15, 0.2) is 39.9 Å². The average molecular weight is 550 g/mol. The molecule has 4 rings (SSSR count). The molecule has 1 aliphatic rings. The largest absolute Gasteiger partial charge is 0.416 e. The van der Waals surface area contributed by atoms with Crippen molar-refractivity contribution in [3.63, 3.8) is 0 Å². The predicted octanol–water partition coefficient (Wildman–Crippen LogP) is 5.32. The van der Waals surface area contributed by atoms with Gasteiger partial charge in [-0.25, -0.2) is 13.4 Å². The molecule has 0 unspecified atom stereocenters. The summed E-state index contributed by atoms with van der Waals surface area (Å²) >= 11 is 8.07. The molecule has 0 spiro atoms. The normalized spacial score (nSPS) is 17.3. The Kier molecular flexibility index (Phi) is 7.07. The van der Waals surface area contributed by atoms with Gasteiger partial charge in [-0.2, -0.15) is 17.5 Å². The average Bonchev–Trinajstić information content (AvgIpc) is 3.51. The van der Waals surface area contributed by atoms with Crippen LogP contribution in [0.2, 0.25) is 4.34 Å². The number of hydrogen-bond acceptors (Lipinski definition) is 6. The first-order valence-electron chi connectivity index (χ1n) is 10.1. The molecule has 0 bridgehead atoms. The molecule has 1 aromatic carbocycles. The predicted molar refractivity (Wildman–Crippen MR) is 125 cm³/mol. The minimum atomic E-state index is -4.42. The minimum absolute atomic E-state index is 0.0736. The molecule has 1 saturated heterocycles. The second-order valence-electron chi connectivity index (χ2n) is 7.72. The summed E-state index contributed by atoms with van der Waals surface area (Å²) in [7, 11) is -3.83. The Labute approximate surface area is 207 Å². The van der Waals surface area contributed by atoms with Crippen molar-refractivity contribution < 1.29 is 26.4 Å². The lowest BCUT2D eigenvalue weighted by molar-refractivity contribution is -0.138. The Morgan fingerprint density at radius 3 is 2.71 bits per heavy atom. The standard InChI is InChI=1S/C21H19ClF3N3O3S3/c1-12-9-13(4-5-15(12)21(23,24)25)20-27-14(11-32-20)10-26-19(29)16-3-2-8-28(16)34(30,31)18-7-6-17(22)33-18/h4-7,9,11,16H,2-3,8,10H2,1H3,(H,26,29)/t16-/m0/s1. The highest BCUT2D eigenvalue weighted by atomic mass is 35.5. The summed E-state index contributed by atoms with van der Waals surface area (Å²) in [6, 6.07) is 5.93. The summed E-state index contributed by atoms with van der Waals surface area (Å²) in [6.45, 7) is 1.71. The maximum Gasteiger partial charge on any atom is 0.416 e. The number of nitrogens with zero attached hydrogens (tertiary/aromatic N) is 2. The SMILES string of the molecule is Cc1cc(-c2nc(CNC(=O)[C@@H]3CCCN3S(=O)(=O)c3ccc(Cl)s3)cs2)ccc1C(F)(F)F. The van der Waals surface area contributed by atoms with Crippen LogP contribution in [-0.2, 0) is 27.5 Å². The molecule has 0 radical (unpaired) electrons. The van der Waals surface area contributed by atoms with E-state index in [-0.39, 0.29) is 22.9 Å². The van der Waals surface area contributed by atoms with Gasteiger partial charge < -0.3 is 5.32 Å². The number of sulfonamides is 1. The number of benzene rings is 1. The molecule has 1 atom stereocenters. The van der Waals surface area contributed by atoms with Gasteiger partial charge in [-0.15, -0.1) is 22.7 Å². The fourth-order valence-corrected chi connectivity index (χ4v) is 7.86. The Hall–Kier alpha value is -1.99. The van der Waals surface area contributed by atoms with Crippen molar-refractivity contribution in [1.82, 2.24) is 14.6 Å². The van der Waals surface area contributed by atoms with E-state index in [0.717, 1.165) is 17.4 Å². The Bertz CT molecular complexity index is 1320. The van der Waals surface area contributed by atoms with Gasteiger partial charge in [-0.05, 0) is 49.6 Å². The van der Waals surface area contributed by atoms with Gasteiger partial charge >= 0.3 is 6.18 Å². The molecule has 3 heterocycles. The topological polar surface area (TPSA) is 79.4 Å². The van der Waals surface area contributed by atoms with Crippen molar-refractivity contribution in [3.8, 4) is 10.6 Å². The Morgan fingerprint density at radius 2 is 2.06 bits per heavy atom. The highest BCUT2D eigenvalue weighted by molar-refractivity contribution is 7.91. The van der Waals surface area contributed by atoms with E-state index in [9.17, 15) is 26.4 Å². The van der Waals surface area contributed by atoms with Crippen LogP contribution < -0.4 is 5.32 Å². The fourth-order valence-electron chi connectivity index (χ4n) is 3.77. The molecule has 13 heteroatoms. The van der Waals surface area contributed by atoms with Gasteiger partial charge in [0.2, 0.25) is 5.91 Å². The van der Waals surface area contributed by atoms with Crippen LogP contribution in [0.25, 0.3) is 10.6 Å². The van der Waals surface area contributed by atoms with E-state index in [0.29, 0.717) is 33.4 Å². The smallest absolute Gasteiger partial charge is 0.349 e. The lowest BCUT2D eigenvalue weighted by Gasteiger charge is -2.22. The second kappa shape index (κ2) is 9.57. The quantitative estimate of drug-likeness (QED) is 0.451. The third-order valence-electron chi connectivity index (χ3n) is 5.39. The first kappa shape index (κ1) is 25.1. The van der Waals surface area contributed by atoms with Crippen molar-refractivity contribution in [2.75, 3.05) is 6.54 Å². The molecule has 0 aliphatic carbocycles. The number of alkyl halides is 3. The molecule has 182 valence electrons. The Balaban J connectivity index is 1.42. The number of hydrogen-bond donors (Lipinski definition) is 1. The number of aromatic nitrogens is 1. The lowest BCUT2D eigenvalue weighted by atomic mass is 10.1.